The Balaban J connectivity index is 3.26. The summed E-state index contributed by atoms with van der Waals surface area (Å²) in [6.07, 6.45) is 12.2. The van der Waals surface area contributed by atoms with E-state index in [2.05, 4.69) is 12.2 Å². The van der Waals surface area contributed by atoms with Crippen LogP contribution in [0.15, 0.2) is 0 Å². The number of carbonyl (C=O) groups is 1. The van der Waals surface area contributed by atoms with Crippen LogP contribution in [0.3, 0.4) is 0 Å². The van der Waals surface area contributed by atoms with E-state index in [1.54, 1.807) is 0 Å². The first kappa shape index (κ1) is 21.5. The van der Waals surface area contributed by atoms with Crippen LogP contribution < -0.4 is 5.32 Å². The standard InChI is InChI=1S/C16H33NO4S/c1-2-3-4-5-6-7-8-9-10-11-16(18)12-13-17-14-15-22(19,20)21/h17H,2-15H2,1H3,(H,19,20,21). The Bertz CT molecular complexity index is 368. The van der Waals surface area contributed by atoms with Crippen molar-refractivity contribution in [3.05, 3.63) is 0 Å². The fourth-order valence-corrected chi connectivity index (χ4v) is 2.71. The van der Waals surface area contributed by atoms with Crippen molar-refractivity contribution < 1.29 is 17.8 Å². The number of rotatable bonds is 16. The molecule has 6 heteroatoms. The van der Waals surface area contributed by atoms with Crippen LogP contribution in [0.1, 0.15) is 77.6 Å². The summed E-state index contributed by atoms with van der Waals surface area (Å²) in [4.78, 5) is 11.6. The molecule has 0 atom stereocenters. The zero-order valence-corrected chi connectivity index (χ0v) is 14.8. The Hall–Kier alpha value is -0.460. The molecule has 0 unspecified atom stereocenters. The molecule has 0 aliphatic rings. The van der Waals surface area contributed by atoms with E-state index in [1.165, 1.54) is 44.9 Å². The Labute approximate surface area is 136 Å². The molecule has 0 fully saturated rings. The molecule has 0 aliphatic carbocycles. The molecule has 0 aliphatic heterocycles. The van der Waals surface area contributed by atoms with Gasteiger partial charge in [-0.1, -0.05) is 58.3 Å². The molecule has 2 N–H and O–H groups in total. The molecule has 0 radical (unpaired) electrons. The van der Waals surface area contributed by atoms with Crippen LogP contribution in [0.5, 0.6) is 0 Å². The van der Waals surface area contributed by atoms with Crippen molar-refractivity contribution in [2.75, 3.05) is 18.8 Å². The minimum atomic E-state index is -3.90. The fourth-order valence-electron chi connectivity index (χ4n) is 2.31. The third kappa shape index (κ3) is 17.6. The van der Waals surface area contributed by atoms with Crippen molar-refractivity contribution in [2.45, 2.75) is 77.6 Å². The van der Waals surface area contributed by atoms with E-state index < -0.39 is 10.1 Å². The molecule has 0 saturated heterocycles. The number of Topliss-reactive ketones (excluding diaryl/α,β-unsaturated/α-hetero) is 1. The van der Waals surface area contributed by atoms with Gasteiger partial charge in [-0.25, -0.2) is 0 Å². The lowest BCUT2D eigenvalue weighted by molar-refractivity contribution is -0.119. The van der Waals surface area contributed by atoms with Gasteiger partial charge in [-0.15, -0.1) is 0 Å². The van der Waals surface area contributed by atoms with Crippen LogP contribution >= 0.6 is 0 Å². The maximum Gasteiger partial charge on any atom is 0.266 e. The molecule has 0 heterocycles. The van der Waals surface area contributed by atoms with E-state index in [9.17, 15) is 13.2 Å². The van der Waals surface area contributed by atoms with Crippen molar-refractivity contribution in [3.63, 3.8) is 0 Å². The Kier molecular flexibility index (Phi) is 13.9. The van der Waals surface area contributed by atoms with Crippen LogP contribution in [-0.4, -0.2) is 37.6 Å². The quantitative estimate of drug-likeness (QED) is 0.334. The Morgan fingerprint density at radius 1 is 0.864 bits per heavy atom. The predicted octanol–water partition coefficient (Wildman–Crippen LogP) is 3.34. The van der Waals surface area contributed by atoms with Crippen LogP contribution in [0.2, 0.25) is 0 Å². The van der Waals surface area contributed by atoms with E-state index in [-0.39, 0.29) is 18.1 Å². The maximum atomic E-state index is 11.6. The summed E-state index contributed by atoms with van der Waals surface area (Å²) in [7, 11) is -3.90. The number of nitrogens with one attached hydrogen (secondary N) is 1. The van der Waals surface area contributed by atoms with Gasteiger partial charge in [0.15, 0.2) is 0 Å². The first-order chi connectivity index (χ1) is 10.5. The largest absolute Gasteiger partial charge is 0.315 e. The molecular formula is C16H33NO4S. The Morgan fingerprint density at radius 3 is 1.95 bits per heavy atom. The highest BCUT2D eigenvalue weighted by Gasteiger charge is 2.04. The first-order valence-corrected chi connectivity index (χ1v) is 10.2. The number of ketones is 1. The van der Waals surface area contributed by atoms with E-state index >= 15 is 0 Å². The van der Waals surface area contributed by atoms with Crippen LogP contribution in [0.25, 0.3) is 0 Å². The molecule has 0 rings (SSSR count). The van der Waals surface area contributed by atoms with Gasteiger partial charge in [0.2, 0.25) is 0 Å². The zero-order chi connectivity index (χ0) is 16.7. The average molecular weight is 336 g/mol. The lowest BCUT2D eigenvalue weighted by Crippen LogP contribution is -2.24. The van der Waals surface area contributed by atoms with Gasteiger partial charge in [0.1, 0.15) is 5.78 Å². The number of hydrogen-bond acceptors (Lipinski definition) is 4. The summed E-state index contributed by atoms with van der Waals surface area (Å²) in [6.45, 7) is 2.89. The normalized spacial score (nSPS) is 11.7. The smallest absolute Gasteiger partial charge is 0.266 e. The minimum absolute atomic E-state index is 0.185. The SMILES string of the molecule is CCCCCCCCCCCC(=O)CCNCCS(=O)(=O)O. The lowest BCUT2D eigenvalue weighted by Gasteiger charge is -2.04. The summed E-state index contributed by atoms with van der Waals surface area (Å²) >= 11 is 0. The fraction of sp³-hybridized carbons (Fsp3) is 0.938. The number of carbonyl (C=O) groups excluding carboxylic acids is 1. The van der Waals surface area contributed by atoms with Gasteiger partial charge < -0.3 is 5.32 Å². The highest BCUT2D eigenvalue weighted by atomic mass is 32.2. The van der Waals surface area contributed by atoms with E-state index in [1.807, 2.05) is 0 Å². The summed E-state index contributed by atoms with van der Waals surface area (Å²) in [6, 6.07) is 0. The molecule has 0 saturated carbocycles. The molecule has 0 spiro atoms. The molecule has 22 heavy (non-hydrogen) atoms. The highest BCUT2D eigenvalue weighted by Crippen LogP contribution is 2.10. The Morgan fingerprint density at radius 2 is 1.41 bits per heavy atom. The summed E-state index contributed by atoms with van der Waals surface area (Å²) in [5.41, 5.74) is 0. The minimum Gasteiger partial charge on any atom is -0.315 e. The number of hydrogen-bond donors (Lipinski definition) is 2. The summed E-state index contributed by atoms with van der Waals surface area (Å²) in [5, 5.41) is 2.85. The van der Waals surface area contributed by atoms with E-state index in [0.29, 0.717) is 19.4 Å². The second-order valence-corrected chi connectivity index (χ2v) is 7.48. The summed E-state index contributed by atoms with van der Waals surface area (Å²) in [5.74, 6) is -0.0818. The molecule has 0 aromatic heterocycles. The van der Waals surface area contributed by atoms with E-state index in [0.717, 1.165) is 12.8 Å². The monoisotopic (exact) mass is 335 g/mol. The van der Waals surface area contributed by atoms with Gasteiger partial charge in [-0.2, -0.15) is 8.42 Å². The maximum absolute atomic E-state index is 11.6. The zero-order valence-electron chi connectivity index (χ0n) is 14.0. The second-order valence-electron chi connectivity index (χ2n) is 5.90. The highest BCUT2D eigenvalue weighted by molar-refractivity contribution is 7.85. The molecule has 0 aromatic rings. The van der Waals surface area contributed by atoms with Crippen molar-refractivity contribution >= 4 is 15.9 Å². The molecule has 5 nitrogen and oxygen atoms in total. The first-order valence-electron chi connectivity index (χ1n) is 8.63. The topological polar surface area (TPSA) is 83.5 Å². The molecule has 132 valence electrons. The van der Waals surface area contributed by atoms with Gasteiger partial charge >= 0.3 is 0 Å². The van der Waals surface area contributed by atoms with Gasteiger partial charge in [0.05, 0.1) is 5.75 Å². The third-order valence-electron chi connectivity index (χ3n) is 3.68. The van der Waals surface area contributed by atoms with Gasteiger partial charge in [0.25, 0.3) is 10.1 Å². The average Bonchev–Trinajstić information content (AvgIpc) is 2.44. The van der Waals surface area contributed by atoms with Crippen LogP contribution in [-0.2, 0) is 14.9 Å². The van der Waals surface area contributed by atoms with E-state index in [4.69, 9.17) is 4.55 Å². The summed E-state index contributed by atoms with van der Waals surface area (Å²) < 4.78 is 29.5. The van der Waals surface area contributed by atoms with Crippen molar-refractivity contribution in [1.29, 1.82) is 0 Å². The predicted molar refractivity (Wildman–Crippen MR) is 90.8 cm³/mol. The van der Waals surface area contributed by atoms with Gasteiger partial charge in [-0.05, 0) is 6.42 Å². The van der Waals surface area contributed by atoms with Gasteiger partial charge in [-0.3, -0.25) is 9.35 Å². The second kappa shape index (κ2) is 14.2. The van der Waals surface area contributed by atoms with Crippen molar-refractivity contribution in [1.82, 2.24) is 5.32 Å². The van der Waals surface area contributed by atoms with Crippen molar-refractivity contribution in [2.24, 2.45) is 0 Å². The molecule has 0 aromatic carbocycles. The molecule has 0 amide bonds. The third-order valence-corrected chi connectivity index (χ3v) is 4.40. The van der Waals surface area contributed by atoms with Gasteiger partial charge in [0, 0.05) is 25.9 Å². The molecule has 0 bridgehead atoms. The van der Waals surface area contributed by atoms with Crippen LogP contribution in [0.4, 0.5) is 0 Å². The molecular weight excluding hydrogens is 302 g/mol. The lowest BCUT2D eigenvalue weighted by atomic mass is 10.0. The number of unbranched alkanes of at least 4 members (excludes halogenated alkanes) is 8. The van der Waals surface area contributed by atoms with Crippen molar-refractivity contribution in [3.8, 4) is 0 Å². The van der Waals surface area contributed by atoms with Crippen LogP contribution in [0, 0.1) is 0 Å².